The summed E-state index contributed by atoms with van der Waals surface area (Å²) >= 11 is 0. The van der Waals surface area contributed by atoms with Crippen molar-refractivity contribution in [3.63, 3.8) is 0 Å². The molecule has 1 aliphatic rings. The Morgan fingerprint density at radius 1 is 1.19 bits per heavy atom. The van der Waals surface area contributed by atoms with E-state index in [-0.39, 0.29) is 29.5 Å². The van der Waals surface area contributed by atoms with Gasteiger partial charge >= 0.3 is 5.97 Å². The highest BCUT2D eigenvalue weighted by Crippen LogP contribution is 2.31. The minimum absolute atomic E-state index is 0.0356. The van der Waals surface area contributed by atoms with Crippen molar-refractivity contribution >= 4 is 11.9 Å². The molecule has 1 atom stereocenters. The first-order valence-corrected chi connectivity index (χ1v) is 9.38. The van der Waals surface area contributed by atoms with Gasteiger partial charge in [-0.05, 0) is 24.8 Å². The summed E-state index contributed by atoms with van der Waals surface area (Å²) in [6.07, 6.45) is 6.73. The van der Waals surface area contributed by atoms with E-state index in [1.165, 1.54) is 26.7 Å². The van der Waals surface area contributed by atoms with Crippen LogP contribution in [0.3, 0.4) is 0 Å². The van der Waals surface area contributed by atoms with E-state index in [1.807, 2.05) is 0 Å². The van der Waals surface area contributed by atoms with Crippen molar-refractivity contribution in [3.05, 3.63) is 23.5 Å². The van der Waals surface area contributed by atoms with E-state index in [0.29, 0.717) is 18.8 Å². The maximum atomic E-state index is 14.3. The minimum atomic E-state index is -0.907. The Morgan fingerprint density at radius 3 is 2.41 bits per heavy atom. The van der Waals surface area contributed by atoms with Gasteiger partial charge in [-0.25, -0.2) is 4.39 Å². The number of rotatable bonds is 9. The number of nitrogens with one attached hydrogen (secondary N) is 1. The average molecular weight is 381 g/mol. The van der Waals surface area contributed by atoms with Gasteiger partial charge < -0.3 is 19.9 Å². The maximum absolute atomic E-state index is 14.3. The van der Waals surface area contributed by atoms with Gasteiger partial charge in [0, 0.05) is 18.5 Å². The van der Waals surface area contributed by atoms with Gasteiger partial charge in [-0.15, -0.1) is 0 Å². The fraction of sp³-hybridized carbons (Fsp3) is 0.600. The maximum Gasteiger partial charge on any atom is 0.303 e. The monoisotopic (exact) mass is 381 g/mol. The van der Waals surface area contributed by atoms with Crippen molar-refractivity contribution in [3.8, 4) is 11.5 Å². The van der Waals surface area contributed by atoms with Crippen LogP contribution >= 0.6 is 0 Å². The molecule has 1 saturated carbocycles. The van der Waals surface area contributed by atoms with Crippen LogP contribution in [-0.4, -0.2) is 37.2 Å². The van der Waals surface area contributed by atoms with Crippen molar-refractivity contribution < 1.29 is 28.6 Å². The molecule has 0 aromatic heterocycles. The van der Waals surface area contributed by atoms with Crippen molar-refractivity contribution in [2.24, 2.45) is 5.92 Å². The number of aliphatic carboxylic acids is 1. The molecule has 1 aromatic carbocycles. The molecule has 0 heterocycles. The first kappa shape index (κ1) is 21.0. The van der Waals surface area contributed by atoms with Gasteiger partial charge in [0.1, 0.15) is 5.82 Å². The number of hydrogen-bond donors (Lipinski definition) is 2. The van der Waals surface area contributed by atoms with Gasteiger partial charge in [0.2, 0.25) is 0 Å². The number of amides is 1. The third kappa shape index (κ3) is 6.12. The highest BCUT2D eigenvalue weighted by molar-refractivity contribution is 5.95. The molecule has 1 fully saturated rings. The van der Waals surface area contributed by atoms with Crippen molar-refractivity contribution in [2.75, 3.05) is 14.2 Å². The fourth-order valence-corrected chi connectivity index (χ4v) is 3.66. The molecular formula is C20H28FNO5. The molecule has 2 rings (SSSR count). The molecule has 27 heavy (non-hydrogen) atoms. The average Bonchev–Trinajstić information content (AvgIpc) is 2.66. The number of halogens is 1. The summed E-state index contributed by atoms with van der Waals surface area (Å²) in [7, 11) is 2.80. The van der Waals surface area contributed by atoms with Crippen LogP contribution in [0.4, 0.5) is 4.39 Å². The highest BCUT2D eigenvalue weighted by Gasteiger charge is 2.24. The topological polar surface area (TPSA) is 84.9 Å². The van der Waals surface area contributed by atoms with E-state index in [0.717, 1.165) is 31.7 Å². The number of carboxylic acid groups (broad SMARTS) is 1. The molecule has 0 saturated heterocycles. The Labute approximate surface area is 159 Å². The van der Waals surface area contributed by atoms with Gasteiger partial charge in [0.25, 0.3) is 5.91 Å². The predicted molar refractivity (Wildman–Crippen MR) is 98.8 cm³/mol. The van der Waals surface area contributed by atoms with E-state index in [9.17, 15) is 14.0 Å². The zero-order valence-electron chi connectivity index (χ0n) is 15.9. The van der Waals surface area contributed by atoms with E-state index < -0.39 is 17.7 Å². The van der Waals surface area contributed by atoms with Crippen LogP contribution < -0.4 is 14.8 Å². The second-order valence-electron chi connectivity index (χ2n) is 7.03. The van der Waals surface area contributed by atoms with E-state index >= 15 is 0 Å². The first-order chi connectivity index (χ1) is 12.9. The molecule has 1 aliphatic carbocycles. The summed E-state index contributed by atoms with van der Waals surface area (Å²) in [4.78, 5) is 23.6. The SMILES string of the molecule is COc1cc(F)c(C(=O)NC(CCC(=O)O)CC2CCCCC2)cc1OC. The summed E-state index contributed by atoms with van der Waals surface area (Å²) in [5.41, 5.74) is -0.142. The summed E-state index contributed by atoms with van der Waals surface area (Å²) in [5.74, 6) is -1.25. The lowest BCUT2D eigenvalue weighted by molar-refractivity contribution is -0.137. The van der Waals surface area contributed by atoms with Gasteiger partial charge in [-0.3, -0.25) is 9.59 Å². The van der Waals surface area contributed by atoms with Crippen molar-refractivity contribution in [2.45, 2.75) is 57.4 Å². The Bertz CT molecular complexity index is 658. The third-order valence-corrected chi connectivity index (χ3v) is 5.10. The van der Waals surface area contributed by atoms with E-state index in [2.05, 4.69) is 5.32 Å². The minimum Gasteiger partial charge on any atom is -0.493 e. The summed E-state index contributed by atoms with van der Waals surface area (Å²) in [6, 6.07) is 2.11. The predicted octanol–water partition coefficient (Wildman–Crippen LogP) is 3.78. The Morgan fingerprint density at radius 2 is 1.81 bits per heavy atom. The quantitative estimate of drug-likeness (QED) is 0.680. The molecule has 2 N–H and O–H groups in total. The number of methoxy groups -OCH3 is 2. The highest BCUT2D eigenvalue weighted by atomic mass is 19.1. The van der Waals surface area contributed by atoms with Crippen LogP contribution in [0, 0.1) is 11.7 Å². The second-order valence-corrected chi connectivity index (χ2v) is 7.03. The van der Waals surface area contributed by atoms with Crippen LogP contribution in [-0.2, 0) is 4.79 Å². The Hall–Kier alpha value is -2.31. The Kier molecular flexibility index (Phi) is 7.88. The van der Waals surface area contributed by atoms with Crippen molar-refractivity contribution in [1.82, 2.24) is 5.32 Å². The summed E-state index contributed by atoms with van der Waals surface area (Å²) < 4.78 is 24.5. The molecule has 1 aromatic rings. The Balaban J connectivity index is 2.12. The molecule has 7 heteroatoms. The molecule has 0 aliphatic heterocycles. The number of carbonyl (C=O) groups excluding carboxylic acids is 1. The number of ether oxygens (including phenoxy) is 2. The lowest BCUT2D eigenvalue weighted by Crippen LogP contribution is -2.37. The molecular weight excluding hydrogens is 353 g/mol. The van der Waals surface area contributed by atoms with Crippen LogP contribution in [0.5, 0.6) is 11.5 Å². The fourth-order valence-electron chi connectivity index (χ4n) is 3.66. The summed E-state index contributed by atoms with van der Waals surface area (Å²) in [5, 5.41) is 11.8. The zero-order valence-corrected chi connectivity index (χ0v) is 15.9. The van der Waals surface area contributed by atoms with Gasteiger partial charge in [-0.1, -0.05) is 32.1 Å². The first-order valence-electron chi connectivity index (χ1n) is 9.38. The second kappa shape index (κ2) is 10.1. The van der Waals surface area contributed by atoms with Gasteiger partial charge in [-0.2, -0.15) is 0 Å². The summed E-state index contributed by atoms with van der Waals surface area (Å²) in [6.45, 7) is 0. The van der Waals surface area contributed by atoms with E-state index in [4.69, 9.17) is 14.6 Å². The number of carbonyl (C=O) groups is 2. The zero-order chi connectivity index (χ0) is 19.8. The standard InChI is InChI=1S/C20H28FNO5/c1-26-17-11-15(16(21)12-18(17)27-2)20(25)22-14(8-9-19(23)24)10-13-6-4-3-5-7-13/h11-14H,3-10H2,1-2H3,(H,22,25)(H,23,24). The molecule has 0 radical (unpaired) electrons. The molecule has 1 amide bonds. The third-order valence-electron chi connectivity index (χ3n) is 5.10. The van der Waals surface area contributed by atoms with Crippen LogP contribution in [0.2, 0.25) is 0 Å². The number of hydrogen-bond acceptors (Lipinski definition) is 4. The smallest absolute Gasteiger partial charge is 0.303 e. The van der Waals surface area contributed by atoms with E-state index in [1.54, 1.807) is 0 Å². The van der Waals surface area contributed by atoms with Crippen LogP contribution in [0.15, 0.2) is 12.1 Å². The number of benzene rings is 1. The van der Waals surface area contributed by atoms with Crippen LogP contribution in [0.1, 0.15) is 61.7 Å². The normalized spacial score (nSPS) is 15.8. The number of carboxylic acids is 1. The lowest BCUT2D eigenvalue weighted by Gasteiger charge is -2.27. The molecule has 0 bridgehead atoms. The van der Waals surface area contributed by atoms with Crippen molar-refractivity contribution in [1.29, 1.82) is 0 Å². The molecule has 0 spiro atoms. The molecule has 150 valence electrons. The molecule has 6 nitrogen and oxygen atoms in total. The largest absolute Gasteiger partial charge is 0.493 e. The van der Waals surface area contributed by atoms with Gasteiger partial charge in [0.15, 0.2) is 11.5 Å². The van der Waals surface area contributed by atoms with Gasteiger partial charge in [0.05, 0.1) is 19.8 Å². The molecule has 1 unspecified atom stereocenters. The van der Waals surface area contributed by atoms with Crippen LogP contribution in [0.25, 0.3) is 0 Å². The lowest BCUT2D eigenvalue weighted by atomic mass is 9.84.